The minimum atomic E-state index is -1.02. The first kappa shape index (κ1) is 16.6. The van der Waals surface area contributed by atoms with E-state index in [0.29, 0.717) is 4.47 Å². The van der Waals surface area contributed by atoms with Gasteiger partial charge in [0.25, 0.3) is 5.91 Å². The molecule has 20 heavy (non-hydrogen) atoms. The van der Waals surface area contributed by atoms with Crippen LogP contribution in [0.15, 0.2) is 22.7 Å². The van der Waals surface area contributed by atoms with Crippen molar-refractivity contribution in [2.75, 3.05) is 0 Å². The van der Waals surface area contributed by atoms with Gasteiger partial charge in [0.1, 0.15) is 5.82 Å². The van der Waals surface area contributed by atoms with Gasteiger partial charge in [-0.15, -0.1) is 0 Å². The van der Waals surface area contributed by atoms with Crippen molar-refractivity contribution in [2.45, 2.75) is 33.2 Å². The van der Waals surface area contributed by atoms with E-state index in [0.717, 1.165) is 0 Å². The highest BCUT2D eigenvalue weighted by Crippen LogP contribution is 2.24. The largest absolute Gasteiger partial charge is 0.481 e. The lowest BCUT2D eigenvalue weighted by Crippen LogP contribution is -2.45. The van der Waals surface area contributed by atoms with E-state index in [-0.39, 0.29) is 12.0 Å². The molecule has 1 atom stereocenters. The van der Waals surface area contributed by atoms with Gasteiger partial charge in [0.05, 0.1) is 12.0 Å². The molecule has 2 N–H and O–H groups in total. The molecule has 0 aliphatic rings. The van der Waals surface area contributed by atoms with E-state index in [9.17, 15) is 14.0 Å². The molecule has 0 aromatic heterocycles. The number of benzene rings is 1. The zero-order valence-corrected chi connectivity index (χ0v) is 13.1. The van der Waals surface area contributed by atoms with Crippen LogP contribution < -0.4 is 5.32 Å². The first-order valence-corrected chi connectivity index (χ1v) is 6.89. The lowest BCUT2D eigenvalue weighted by atomic mass is 9.84. The summed E-state index contributed by atoms with van der Waals surface area (Å²) in [5.41, 5.74) is -0.571. The van der Waals surface area contributed by atoms with Crippen LogP contribution in [0.2, 0.25) is 0 Å². The molecule has 1 aromatic carbocycles. The van der Waals surface area contributed by atoms with Crippen LogP contribution in [-0.4, -0.2) is 23.0 Å². The van der Waals surface area contributed by atoms with Gasteiger partial charge in [-0.1, -0.05) is 26.8 Å². The number of carboxylic acids is 1. The fourth-order valence-electron chi connectivity index (χ4n) is 1.69. The molecule has 0 bridgehead atoms. The molecule has 0 saturated heterocycles. The standard InChI is InChI=1S/C14H17BrFNO3/c1-14(2,3)10(7-11(18)19)17-13(20)12-8(15)5-4-6-9(12)16/h4-6,10H,7H2,1-3H3,(H,17,20)(H,18,19). The fraction of sp³-hybridized carbons (Fsp3) is 0.429. The van der Waals surface area contributed by atoms with Crippen molar-refractivity contribution < 1.29 is 19.1 Å². The molecular formula is C14H17BrFNO3. The van der Waals surface area contributed by atoms with Crippen LogP contribution in [0.4, 0.5) is 4.39 Å². The average Bonchev–Trinajstić information content (AvgIpc) is 2.25. The minimum Gasteiger partial charge on any atom is -0.481 e. The molecule has 4 nitrogen and oxygen atoms in total. The lowest BCUT2D eigenvalue weighted by molar-refractivity contribution is -0.138. The van der Waals surface area contributed by atoms with Crippen molar-refractivity contribution in [3.63, 3.8) is 0 Å². The van der Waals surface area contributed by atoms with E-state index < -0.39 is 29.2 Å². The molecule has 1 unspecified atom stereocenters. The van der Waals surface area contributed by atoms with Crippen molar-refractivity contribution in [2.24, 2.45) is 5.41 Å². The van der Waals surface area contributed by atoms with Gasteiger partial charge < -0.3 is 10.4 Å². The molecule has 0 radical (unpaired) electrons. The molecule has 0 fully saturated rings. The summed E-state index contributed by atoms with van der Waals surface area (Å²) in [7, 11) is 0. The number of carbonyl (C=O) groups excluding carboxylic acids is 1. The second-order valence-electron chi connectivity index (χ2n) is 5.59. The molecule has 6 heteroatoms. The van der Waals surface area contributed by atoms with E-state index in [1.807, 2.05) is 20.8 Å². The quantitative estimate of drug-likeness (QED) is 0.880. The Morgan fingerprint density at radius 1 is 1.40 bits per heavy atom. The van der Waals surface area contributed by atoms with Crippen LogP contribution in [0.3, 0.4) is 0 Å². The zero-order chi connectivity index (χ0) is 15.5. The van der Waals surface area contributed by atoms with E-state index in [4.69, 9.17) is 5.11 Å². The maximum atomic E-state index is 13.7. The normalized spacial score (nSPS) is 12.8. The maximum absolute atomic E-state index is 13.7. The van der Waals surface area contributed by atoms with Gasteiger partial charge in [-0.3, -0.25) is 9.59 Å². The molecule has 110 valence electrons. The van der Waals surface area contributed by atoms with Crippen LogP contribution >= 0.6 is 15.9 Å². The van der Waals surface area contributed by atoms with Crippen LogP contribution in [-0.2, 0) is 4.79 Å². The molecule has 0 aliphatic carbocycles. The van der Waals surface area contributed by atoms with Crippen molar-refractivity contribution in [3.05, 3.63) is 34.1 Å². The van der Waals surface area contributed by atoms with Gasteiger partial charge in [-0.2, -0.15) is 0 Å². The number of hydrogen-bond acceptors (Lipinski definition) is 2. The molecule has 0 saturated carbocycles. The molecule has 0 spiro atoms. The van der Waals surface area contributed by atoms with Crippen LogP contribution in [0.25, 0.3) is 0 Å². The Labute approximate surface area is 125 Å². The first-order chi connectivity index (χ1) is 9.12. The zero-order valence-electron chi connectivity index (χ0n) is 11.5. The Morgan fingerprint density at radius 2 is 2.00 bits per heavy atom. The second-order valence-corrected chi connectivity index (χ2v) is 6.44. The monoisotopic (exact) mass is 345 g/mol. The summed E-state index contributed by atoms with van der Waals surface area (Å²) >= 11 is 3.12. The lowest BCUT2D eigenvalue weighted by Gasteiger charge is -2.30. The number of rotatable bonds is 4. The van der Waals surface area contributed by atoms with Gasteiger partial charge in [0.2, 0.25) is 0 Å². The van der Waals surface area contributed by atoms with Crippen LogP contribution in [0.5, 0.6) is 0 Å². The summed E-state index contributed by atoms with van der Waals surface area (Å²) in [4.78, 5) is 23.0. The average molecular weight is 346 g/mol. The Bertz CT molecular complexity index is 505. The topological polar surface area (TPSA) is 66.4 Å². The third-order valence-corrected chi connectivity index (χ3v) is 3.58. The van der Waals surface area contributed by atoms with Gasteiger partial charge >= 0.3 is 5.97 Å². The molecule has 1 amide bonds. The number of aliphatic carboxylic acids is 1. The van der Waals surface area contributed by atoms with E-state index in [2.05, 4.69) is 21.2 Å². The van der Waals surface area contributed by atoms with Crippen LogP contribution in [0.1, 0.15) is 37.6 Å². The molecule has 1 aromatic rings. The Balaban J connectivity index is 3.00. The Hall–Kier alpha value is -1.43. The summed E-state index contributed by atoms with van der Waals surface area (Å²) in [6, 6.07) is 3.62. The summed E-state index contributed by atoms with van der Waals surface area (Å²) < 4.78 is 14.0. The predicted molar refractivity (Wildman–Crippen MR) is 77.1 cm³/mol. The van der Waals surface area contributed by atoms with Gasteiger partial charge in [0.15, 0.2) is 0 Å². The first-order valence-electron chi connectivity index (χ1n) is 6.09. The summed E-state index contributed by atoms with van der Waals surface area (Å²) in [6.07, 6.45) is -0.221. The van der Waals surface area contributed by atoms with Gasteiger partial charge in [-0.25, -0.2) is 4.39 Å². The maximum Gasteiger partial charge on any atom is 0.305 e. The summed E-state index contributed by atoms with van der Waals surface area (Å²) in [5.74, 6) is -2.30. The highest BCUT2D eigenvalue weighted by molar-refractivity contribution is 9.10. The number of halogens is 2. The van der Waals surface area contributed by atoms with Gasteiger partial charge in [0, 0.05) is 10.5 Å². The SMILES string of the molecule is CC(C)(C)C(CC(=O)O)NC(=O)c1c(F)cccc1Br. The van der Waals surface area contributed by atoms with Crippen molar-refractivity contribution >= 4 is 27.8 Å². The predicted octanol–water partition coefficient (Wildman–Crippen LogP) is 3.21. The van der Waals surface area contributed by atoms with Crippen molar-refractivity contribution in [1.82, 2.24) is 5.32 Å². The molecule has 0 aliphatic heterocycles. The smallest absolute Gasteiger partial charge is 0.305 e. The number of carboxylic acid groups (broad SMARTS) is 1. The van der Waals surface area contributed by atoms with Crippen molar-refractivity contribution in [1.29, 1.82) is 0 Å². The number of nitrogens with one attached hydrogen (secondary N) is 1. The third-order valence-electron chi connectivity index (χ3n) is 2.92. The number of carbonyl (C=O) groups is 2. The highest BCUT2D eigenvalue weighted by Gasteiger charge is 2.29. The van der Waals surface area contributed by atoms with Crippen molar-refractivity contribution in [3.8, 4) is 0 Å². The summed E-state index contributed by atoms with van der Waals surface area (Å²) in [6.45, 7) is 5.45. The van der Waals surface area contributed by atoms with E-state index >= 15 is 0 Å². The minimum absolute atomic E-state index is 0.118. The summed E-state index contributed by atoms with van der Waals surface area (Å²) in [5, 5.41) is 11.5. The van der Waals surface area contributed by atoms with Crippen LogP contribution in [0, 0.1) is 11.2 Å². The van der Waals surface area contributed by atoms with E-state index in [1.54, 1.807) is 6.07 Å². The van der Waals surface area contributed by atoms with E-state index in [1.165, 1.54) is 12.1 Å². The third kappa shape index (κ3) is 4.30. The number of hydrogen-bond donors (Lipinski definition) is 2. The highest BCUT2D eigenvalue weighted by atomic mass is 79.9. The molecule has 1 rings (SSSR count). The Morgan fingerprint density at radius 3 is 2.45 bits per heavy atom. The molecular weight excluding hydrogens is 329 g/mol. The second kappa shape index (κ2) is 6.35. The molecule has 0 heterocycles. The Kier molecular flexibility index (Phi) is 5.28. The fourth-order valence-corrected chi connectivity index (χ4v) is 2.22. The number of amides is 1. The van der Waals surface area contributed by atoms with Gasteiger partial charge in [-0.05, 0) is 33.5 Å².